The number of thioether (sulfide) groups is 1. The zero-order chi connectivity index (χ0) is 22.8. The van der Waals surface area contributed by atoms with E-state index in [0.29, 0.717) is 24.5 Å². The van der Waals surface area contributed by atoms with Crippen molar-refractivity contribution in [1.82, 2.24) is 14.6 Å². The highest BCUT2D eigenvalue weighted by Gasteiger charge is 2.23. The molecule has 2 aromatic heterocycles. The highest BCUT2D eigenvalue weighted by Crippen LogP contribution is 2.32. The summed E-state index contributed by atoms with van der Waals surface area (Å²) in [5.41, 5.74) is 6.12. The lowest BCUT2D eigenvalue weighted by Crippen LogP contribution is -2.25. The van der Waals surface area contributed by atoms with Gasteiger partial charge in [0.05, 0.1) is 23.1 Å². The molecule has 2 aromatic carbocycles. The predicted molar refractivity (Wildman–Crippen MR) is 131 cm³/mol. The monoisotopic (exact) mass is 448 g/mol. The molecule has 1 N–H and O–H groups in total. The van der Waals surface area contributed by atoms with Crippen LogP contribution >= 0.6 is 11.8 Å². The van der Waals surface area contributed by atoms with Crippen LogP contribution in [0, 0.1) is 20.8 Å². The van der Waals surface area contributed by atoms with E-state index in [4.69, 9.17) is 4.74 Å². The normalized spacial score (nSPS) is 12.3. The number of hydrogen-bond donors (Lipinski definition) is 1. The van der Waals surface area contributed by atoms with E-state index in [9.17, 15) is 4.79 Å². The maximum atomic E-state index is 13.1. The van der Waals surface area contributed by atoms with Gasteiger partial charge in [-0.15, -0.1) is 10.2 Å². The van der Waals surface area contributed by atoms with Gasteiger partial charge in [0.25, 0.3) is 0 Å². The Bertz CT molecular complexity index is 1300. The summed E-state index contributed by atoms with van der Waals surface area (Å²) < 4.78 is 7.72. The van der Waals surface area contributed by atoms with Gasteiger partial charge in [-0.25, -0.2) is 0 Å². The number of fused-ring (bicyclic) bond motifs is 3. The zero-order valence-electron chi connectivity index (χ0n) is 19.1. The number of pyridine rings is 1. The third-order valence-electron chi connectivity index (χ3n) is 5.45. The van der Waals surface area contributed by atoms with Gasteiger partial charge in [0.1, 0.15) is 5.75 Å². The maximum absolute atomic E-state index is 13.1. The number of benzene rings is 2. The molecule has 1 unspecified atom stereocenters. The van der Waals surface area contributed by atoms with Gasteiger partial charge in [0.2, 0.25) is 5.91 Å². The molecule has 6 nitrogen and oxygen atoms in total. The van der Waals surface area contributed by atoms with Crippen molar-refractivity contribution < 1.29 is 9.53 Å². The second-order valence-electron chi connectivity index (χ2n) is 7.91. The molecule has 0 spiro atoms. The highest BCUT2D eigenvalue weighted by molar-refractivity contribution is 8.00. The standard InChI is InChI=1S/C25H28N4O2S/c1-6-21(24(30)26-19-10-8-9-11-20(19)31-7-2)32-25-28-27-22-14-16(4)18-13-15(3)12-17(5)23(18)29(22)25/h8-14,21H,6-7H2,1-5H3,(H,26,30). The minimum absolute atomic E-state index is 0.0783. The summed E-state index contributed by atoms with van der Waals surface area (Å²) in [5.74, 6) is 0.592. The Hall–Kier alpha value is -3.06. The molecule has 0 saturated heterocycles. The Balaban J connectivity index is 1.69. The summed E-state index contributed by atoms with van der Waals surface area (Å²) >= 11 is 1.44. The lowest BCUT2D eigenvalue weighted by molar-refractivity contribution is -0.115. The first-order chi connectivity index (χ1) is 15.4. The molecule has 0 aliphatic carbocycles. The number of hydrogen-bond acceptors (Lipinski definition) is 5. The lowest BCUT2D eigenvalue weighted by Gasteiger charge is -2.17. The van der Waals surface area contributed by atoms with E-state index >= 15 is 0 Å². The van der Waals surface area contributed by atoms with Crippen LogP contribution in [-0.4, -0.2) is 32.4 Å². The van der Waals surface area contributed by atoms with Crippen molar-refractivity contribution in [3.05, 3.63) is 59.2 Å². The Morgan fingerprint density at radius 1 is 1.09 bits per heavy atom. The summed E-state index contributed by atoms with van der Waals surface area (Å²) in [5, 5.41) is 13.5. The summed E-state index contributed by atoms with van der Waals surface area (Å²) in [6.07, 6.45) is 0.657. The quantitative estimate of drug-likeness (QED) is 0.367. The van der Waals surface area contributed by atoms with E-state index < -0.39 is 0 Å². The van der Waals surface area contributed by atoms with E-state index in [2.05, 4.69) is 58.9 Å². The number of carbonyl (C=O) groups excluding carboxylic acids is 1. The number of ether oxygens (including phenoxy) is 1. The van der Waals surface area contributed by atoms with Crippen LogP contribution < -0.4 is 10.1 Å². The third-order valence-corrected chi connectivity index (χ3v) is 6.76. The molecular formula is C25H28N4O2S. The van der Waals surface area contributed by atoms with Crippen LogP contribution in [0.1, 0.15) is 37.0 Å². The third kappa shape index (κ3) is 4.17. The summed E-state index contributed by atoms with van der Waals surface area (Å²) in [6, 6.07) is 13.9. The average Bonchev–Trinajstić information content (AvgIpc) is 3.15. The average molecular weight is 449 g/mol. The van der Waals surface area contributed by atoms with E-state index in [-0.39, 0.29) is 11.2 Å². The van der Waals surface area contributed by atoms with E-state index in [0.717, 1.165) is 16.3 Å². The van der Waals surface area contributed by atoms with Gasteiger partial charge in [0.15, 0.2) is 10.8 Å². The maximum Gasteiger partial charge on any atom is 0.238 e. The predicted octanol–water partition coefficient (Wildman–Crippen LogP) is 5.72. The van der Waals surface area contributed by atoms with Crippen LogP contribution in [-0.2, 0) is 4.79 Å². The van der Waals surface area contributed by atoms with Crippen molar-refractivity contribution in [3.63, 3.8) is 0 Å². The molecule has 1 atom stereocenters. The molecule has 2 heterocycles. The van der Waals surface area contributed by atoms with Gasteiger partial charge in [0, 0.05) is 5.39 Å². The topological polar surface area (TPSA) is 68.5 Å². The van der Waals surface area contributed by atoms with Crippen LogP contribution in [0.4, 0.5) is 5.69 Å². The van der Waals surface area contributed by atoms with Crippen LogP contribution in [0.2, 0.25) is 0 Å². The van der Waals surface area contributed by atoms with Crippen molar-refractivity contribution >= 4 is 39.9 Å². The van der Waals surface area contributed by atoms with E-state index in [1.165, 1.54) is 33.8 Å². The molecule has 0 aliphatic heterocycles. The van der Waals surface area contributed by atoms with Gasteiger partial charge < -0.3 is 10.1 Å². The number of nitrogens with one attached hydrogen (secondary N) is 1. The molecule has 4 aromatic rings. The number of carbonyl (C=O) groups is 1. The largest absolute Gasteiger partial charge is 0.492 e. The number of para-hydroxylation sites is 2. The second kappa shape index (κ2) is 9.20. The van der Waals surface area contributed by atoms with Crippen LogP contribution in [0.15, 0.2) is 47.6 Å². The second-order valence-corrected chi connectivity index (χ2v) is 9.08. The molecule has 7 heteroatoms. The van der Waals surface area contributed by atoms with Crippen LogP contribution in [0.3, 0.4) is 0 Å². The smallest absolute Gasteiger partial charge is 0.238 e. The van der Waals surface area contributed by atoms with Gasteiger partial charge in [-0.05, 0) is 69.5 Å². The van der Waals surface area contributed by atoms with Gasteiger partial charge >= 0.3 is 0 Å². The molecular weight excluding hydrogens is 420 g/mol. The van der Waals surface area contributed by atoms with Gasteiger partial charge in [-0.2, -0.15) is 0 Å². The Labute approximate surface area is 192 Å². The number of nitrogens with zero attached hydrogens (tertiary/aromatic N) is 3. The zero-order valence-corrected chi connectivity index (χ0v) is 19.9. The number of aromatic nitrogens is 3. The first kappa shape index (κ1) is 22.1. The molecule has 0 aliphatic rings. The molecule has 1 amide bonds. The number of amides is 1. The molecule has 166 valence electrons. The Morgan fingerprint density at radius 3 is 2.62 bits per heavy atom. The van der Waals surface area contributed by atoms with Crippen molar-refractivity contribution in [2.24, 2.45) is 0 Å². The molecule has 0 fully saturated rings. The number of anilines is 1. The Morgan fingerprint density at radius 2 is 1.88 bits per heavy atom. The van der Waals surface area contributed by atoms with Crippen molar-refractivity contribution in [3.8, 4) is 5.75 Å². The molecule has 0 bridgehead atoms. The van der Waals surface area contributed by atoms with Crippen molar-refractivity contribution in [2.75, 3.05) is 11.9 Å². The number of aryl methyl sites for hydroxylation is 3. The summed E-state index contributed by atoms with van der Waals surface area (Å²) in [7, 11) is 0. The SMILES string of the molecule is CCOc1ccccc1NC(=O)C(CC)Sc1nnc2cc(C)c3cc(C)cc(C)c3n12. The lowest BCUT2D eigenvalue weighted by atomic mass is 10.0. The number of rotatable bonds is 7. The molecule has 0 radical (unpaired) electrons. The van der Waals surface area contributed by atoms with Crippen molar-refractivity contribution in [1.29, 1.82) is 0 Å². The van der Waals surface area contributed by atoms with Crippen LogP contribution in [0.25, 0.3) is 16.6 Å². The fourth-order valence-corrected chi connectivity index (χ4v) is 4.97. The molecule has 4 rings (SSSR count). The van der Waals surface area contributed by atoms with E-state index in [1.807, 2.05) is 38.1 Å². The van der Waals surface area contributed by atoms with Crippen LogP contribution in [0.5, 0.6) is 5.75 Å². The van der Waals surface area contributed by atoms with Gasteiger partial charge in [-0.3, -0.25) is 9.20 Å². The summed E-state index contributed by atoms with van der Waals surface area (Å²) in [4.78, 5) is 13.1. The summed E-state index contributed by atoms with van der Waals surface area (Å²) in [6.45, 7) is 10.8. The van der Waals surface area contributed by atoms with E-state index in [1.54, 1.807) is 0 Å². The first-order valence-electron chi connectivity index (χ1n) is 10.9. The Kier molecular flexibility index (Phi) is 6.37. The molecule has 0 saturated carbocycles. The molecule has 32 heavy (non-hydrogen) atoms. The fourth-order valence-electron chi connectivity index (χ4n) is 4.00. The minimum Gasteiger partial charge on any atom is -0.492 e. The fraction of sp³-hybridized carbons (Fsp3) is 0.320. The minimum atomic E-state index is -0.320. The first-order valence-corrected chi connectivity index (χ1v) is 11.8. The van der Waals surface area contributed by atoms with Gasteiger partial charge in [-0.1, -0.05) is 42.4 Å². The van der Waals surface area contributed by atoms with Crippen molar-refractivity contribution in [2.45, 2.75) is 51.4 Å². The highest BCUT2D eigenvalue weighted by atomic mass is 32.2.